The number of hydrogen-bond donors (Lipinski definition) is 2. The zero-order chi connectivity index (χ0) is 18.7. The van der Waals surface area contributed by atoms with E-state index < -0.39 is 10.0 Å². The second-order valence-electron chi connectivity index (χ2n) is 5.56. The highest BCUT2D eigenvalue weighted by Gasteiger charge is 2.20. The fourth-order valence-corrected chi connectivity index (χ4v) is 3.65. The van der Waals surface area contributed by atoms with Crippen molar-refractivity contribution in [3.63, 3.8) is 0 Å². The average Bonchev–Trinajstić information content (AvgIpc) is 3.10. The molecule has 0 spiro atoms. The van der Waals surface area contributed by atoms with Gasteiger partial charge in [-0.05, 0) is 25.1 Å². The number of benzene rings is 2. The number of nitrogens with zero attached hydrogens (tertiary/aromatic N) is 1. The molecule has 0 radical (unpaired) electrons. The van der Waals surface area contributed by atoms with Crippen LogP contribution in [0.25, 0.3) is 10.9 Å². The Hall–Kier alpha value is -3.00. The summed E-state index contributed by atoms with van der Waals surface area (Å²) in [6.45, 7) is 1.74. The van der Waals surface area contributed by atoms with Gasteiger partial charge in [-0.1, -0.05) is 18.2 Å². The molecule has 3 aromatic rings. The standard InChI is InChI=1S/C18H19N3O4S/c1-12(15-11-19-16-7-5-4-6-14(15)16)20-21-26(22,23)18-10-13(24-2)8-9-17(18)25-3/h4-11,19,21H,1-3H3/b20-12-. The van der Waals surface area contributed by atoms with Gasteiger partial charge in [0.1, 0.15) is 16.4 Å². The molecule has 0 aliphatic rings. The monoisotopic (exact) mass is 373 g/mol. The third kappa shape index (κ3) is 3.36. The Morgan fingerprint density at radius 3 is 2.62 bits per heavy atom. The summed E-state index contributed by atoms with van der Waals surface area (Å²) < 4.78 is 35.5. The smallest absolute Gasteiger partial charge is 0.280 e. The minimum absolute atomic E-state index is 0.0465. The van der Waals surface area contributed by atoms with E-state index in [0.717, 1.165) is 16.5 Å². The number of aromatic nitrogens is 1. The van der Waals surface area contributed by atoms with Gasteiger partial charge in [0, 0.05) is 28.7 Å². The summed E-state index contributed by atoms with van der Waals surface area (Å²) in [6, 6.07) is 12.3. The predicted octanol–water partition coefficient (Wildman–Crippen LogP) is 2.89. The van der Waals surface area contributed by atoms with Crippen LogP contribution < -0.4 is 14.3 Å². The first-order valence-corrected chi connectivity index (χ1v) is 9.29. The molecule has 7 nitrogen and oxygen atoms in total. The number of hydrazone groups is 1. The lowest BCUT2D eigenvalue weighted by molar-refractivity contribution is 0.392. The molecule has 0 saturated carbocycles. The van der Waals surface area contributed by atoms with Crippen molar-refractivity contribution in [2.45, 2.75) is 11.8 Å². The third-order valence-corrected chi connectivity index (χ3v) is 5.20. The van der Waals surface area contributed by atoms with Gasteiger partial charge in [0.25, 0.3) is 10.0 Å². The number of sulfonamides is 1. The maximum atomic E-state index is 12.7. The van der Waals surface area contributed by atoms with E-state index in [4.69, 9.17) is 9.47 Å². The molecule has 0 fully saturated rings. The van der Waals surface area contributed by atoms with Gasteiger partial charge in [0.05, 0.1) is 19.9 Å². The molecule has 2 N–H and O–H groups in total. The molecule has 8 heteroatoms. The summed E-state index contributed by atoms with van der Waals surface area (Å²) in [5.41, 5.74) is 2.31. The van der Waals surface area contributed by atoms with Gasteiger partial charge in [-0.15, -0.1) is 0 Å². The first-order valence-electron chi connectivity index (χ1n) is 7.81. The lowest BCUT2D eigenvalue weighted by atomic mass is 10.1. The Kier molecular flexibility index (Phi) is 4.85. The van der Waals surface area contributed by atoms with Crippen LogP contribution in [0.1, 0.15) is 12.5 Å². The van der Waals surface area contributed by atoms with E-state index in [1.54, 1.807) is 19.2 Å². The number of aromatic amines is 1. The zero-order valence-corrected chi connectivity index (χ0v) is 15.4. The molecule has 0 amide bonds. The van der Waals surface area contributed by atoms with Gasteiger partial charge in [0.2, 0.25) is 0 Å². The molecule has 0 atom stereocenters. The topological polar surface area (TPSA) is 92.8 Å². The van der Waals surface area contributed by atoms with Gasteiger partial charge in [0.15, 0.2) is 0 Å². The van der Waals surface area contributed by atoms with Crippen molar-refractivity contribution in [3.8, 4) is 11.5 Å². The number of nitrogens with one attached hydrogen (secondary N) is 2. The highest BCUT2D eigenvalue weighted by Crippen LogP contribution is 2.28. The van der Waals surface area contributed by atoms with Crippen LogP contribution in [0.3, 0.4) is 0 Å². The fraction of sp³-hybridized carbons (Fsp3) is 0.167. The van der Waals surface area contributed by atoms with Crippen LogP contribution in [0.15, 0.2) is 58.7 Å². The van der Waals surface area contributed by atoms with Crippen LogP contribution in [-0.2, 0) is 10.0 Å². The van der Waals surface area contributed by atoms with Crippen molar-refractivity contribution in [2.24, 2.45) is 5.10 Å². The third-order valence-electron chi connectivity index (χ3n) is 3.97. The Morgan fingerprint density at radius 2 is 1.88 bits per heavy atom. The Labute approximate surface area is 151 Å². The van der Waals surface area contributed by atoms with Crippen molar-refractivity contribution in [3.05, 3.63) is 54.2 Å². The van der Waals surface area contributed by atoms with Crippen LogP contribution >= 0.6 is 0 Å². The summed E-state index contributed by atoms with van der Waals surface area (Å²) in [7, 11) is -1.06. The van der Waals surface area contributed by atoms with E-state index in [1.165, 1.54) is 26.4 Å². The molecule has 1 aromatic heterocycles. The molecule has 136 valence electrons. The molecule has 2 aromatic carbocycles. The molecular formula is C18H19N3O4S. The van der Waals surface area contributed by atoms with Crippen molar-refractivity contribution in [1.29, 1.82) is 0 Å². The maximum absolute atomic E-state index is 12.7. The summed E-state index contributed by atoms with van der Waals surface area (Å²) in [5.74, 6) is 0.613. The fourth-order valence-electron chi connectivity index (χ4n) is 2.60. The van der Waals surface area contributed by atoms with Gasteiger partial charge in [-0.2, -0.15) is 18.4 Å². The van der Waals surface area contributed by atoms with Crippen LogP contribution in [0.2, 0.25) is 0 Å². The van der Waals surface area contributed by atoms with Gasteiger partial charge >= 0.3 is 0 Å². The van der Waals surface area contributed by atoms with E-state index in [9.17, 15) is 8.42 Å². The number of H-pyrrole nitrogens is 1. The lowest BCUT2D eigenvalue weighted by Crippen LogP contribution is -2.20. The first kappa shape index (κ1) is 17.8. The Balaban J connectivity index is 1.94. The maximum Gasteiger partial charge on any atom is 0.280 e. The number of para-hydroxylation sites is 1. The van der Waals surface area contributed by atoms with Crippen LogP contribution in [-0.4, -0.2) is 33.3 Å². The number of methoxy groups -OCH3 is 2. The van der Waals surface area contributed by atoms with Crippen LogP contribution in [0.5, 0.6) is 11.5 Å². The van der Waals surface area contributed by atoms with Crippen molar-refractivity contribution >= 4 is 26.6 Å². The van der Waals surface area contributed by atoms with E-state index in [1.807, 2.05) is 24.3 Å². The zero-order valence-electron chi connectivity index (χ0n) is 14.6. The molecule has 0 saturated heterocycles. The molecule has 0 aliphatic heterocycles. The number of hydrogen-bond acceptors (Lipinski definition) is 5. The van der Waals surface area contributed by atoms with E-state index in [-0.39, 0.29) is 10.6 Å². The number of fused-ring (bicyclic) bond motifs is 1. The van der Waals surface area contributed by atoms with Gasteiger partial charge in [-0.3, -0.25) is 0 Å². The summed E-state index contributed by atoms with van der Waals surface area (Å²) >= 11 is 0. The predicted molar refractivity (Wildman–Crippen MR) is 100 cm³/mol. The van der Waals surface area contributed by atoms with E-state index in [2.05, 4.69) is 14.9 Å². The molecule has 0 bridgehead atoms. The molecular weight excluding hydrogens is 354 g/mol. The lowest BCUT2D eigenvalue weighted by Gasteiger charge is -2.11. The minimum Gasteiger partial charge on any atom is -0.497 e. The van der Waals surface area contributed by atoms with Crippen molar-refractivity contribution < 1.29 is 17.9 Å². The number of ether oxygens (including phenoxy) is 2. The van der Waals surface area contributed by atoms with Crippen molar-refractivity contribution in [1.82, 2.24) is 9.82 Å². The van der Waals surface area contributed by atoms with E-state index >= 15 is 0 Å². The van der Waals surface area contributed by atoms with Crippen molar-refractivity contribution in [2.75, 3.05) is 14.2 Å². The second-order valence-corrected chi connectivity index (χ2v) is 7.19. The quantitative estimate of drug-likeness (QED) is 0.513. The van der Waals surface area contributed by atoms with Gasteiger partial charge < -0.3 is 14.5 Å². The Morgan fingerprint density at radius 1 is 1.12 bits per heavy atom. The summed E-state index contributed by atoms with van der Waals surface area (Å²) in [5, 5.41) is 5.02. The molecule has 0 aliphatic carbocycles. The molecule has 1 heterocycles. The second kappa shape index (κ2) is 7.09. The normalized spacial score (nSPS) is 12.2. The number of rotatable bonds is 6. The largest absolute Gasteiger partial charge is 0.497 e. The summed E-state index contributed by atoms with van der Waals surface area (Å²) in [6.07, 6.45) is 1.80. The average molecular weight is 373 g/mol. The highest BCUT2D eigenvalue weighted by molar-refractivity contribution is 7.89. The molecule has 26 heavy (non-hydrogen) atoms. The van der Waals surface area contributed by atoms with Crippen LogP contribution in [0.4, 0.5) is 0 Å². The highest BCUT2D eigenvalue weighted by atomic mass is 32.2. The minimum atomic E-state index is -3.93. The molecule has 3 rings (SSSR count). The van der Waals surface area contributed by atoms with Crippen LogP contribution in [0, 0.1) is 0 Å². The first-order chi connectivity index (χ1) is 12.5. The SMILES string of the molecule is COc1ccc(OC)c(S(=O)(=O)N/N=C(/C)c2c[nH]c3ccccc23)c1. The van der Waals surface area contributed by atoms with Gasteiger partial charge in [-0.25, -0.2) is 0 Å². The van der Waals surface area contributed by atoms with E-state index in [0.29, 0.717) is 11.5 Å². The summed E-state index contributed by atoms with van der Waals surface area (Å²) in [4.78, 5) is 5.35. The Bertz CT molecular complexity index is 1070. The molecule has 0 unspecified atom stereocenters.